The summed E-state index contributed by atoms with van der Waals surface area (Å²) in [6.07, 6.45) is 2.97. The van der Waals surface area contributed by atoms with Gasteiger partial charge < -0.3 is 15.4 Å². The number of amides is 1. The molecular formula is C11H20N2O3. The van der Waals surface area contributed by atoms with E-state index in [2.05, 4.69) is 15.4 Å². The van der Waals surface area contributed by atoms with Gasteiger partial charge in [-0.25, -0.2) is 4.79 Å². The van der Waals surface area contributed by atoms with E-state index in [1.807, 2.05) is 0 Å². The number of carbonyl (C=O) groups excluding carboxylic acids is 2. The Labute approximate surface area is 95.9 Å². The van der Waals surface area contributed by atoms with Gasteiger partial charge in [0.1, 0.15) is 5.54 Å². The number of rotatable bonds is 3. The highest BCUT2D eigenvalue weighted by Crippen LogP contribution is 2.10. The molecule has 1 heterocycles. The number of carbonyl (C=O) groups is 2. The Morgan fingerprint density at radius 1 is 1.38 bits per heavy atom. The zero-order valence-corrected chi connectivity index (χ0v) is 10.1. The predicted octanol–water partition coefficient (Wildman–Crippen LogP) is 0.196. The number of esters is 1. The van der Waals surface area contributed by atoms with Crippen LogP contribution in [-0.2, 0) is 14.3 Å². The molecule has 1 saturated heterocycles. The quantitative estimate of drug-likeness (QED) is 0.677. The first-order valence-corrected chi connectivity index (χ1v) is 5.61. The van der Waals surface area contributed by atoms with Crippen molar-refractivity contribution in [1.29, 1.82) is 0 Å². The van der Waals surface area contributed by atoms with Gasteiger partial charge in [0.25, 0.3) is 0 Å². The largest absolute Gasteiger partial charge is 0.467 e. The van der Waals surface area contributed by atoms with Crippen LogP contribution in [-0.4, -0.2) is 37.1 Å². The molecule has 0 radical (unpaired) electrons. The molecule has 0 aromatic rings. The Morgan fingerprint density at radius 2 is 2.06 bits per heavy atom. The average Bonchev–Trinajstić information content (AvgIpc) is 2.28. The van der Waals surface area contributed by atoms with E-state index in [9.17, 15) is 9.59 Å². The number of piperidine rings is 1. The van der Waals surface area contributed by atoms with Gasteiger partial charge in [-0.15, -0.1) is 0 Å². The molecule has 5 nitrogen and oxygen atoms in total. The number of hydrogen-bond donors (Lipinski definition) is 2. The molecule has 16 heavy (non-hydrogen) atoms. The number of methoxy groups -OCH3 is 1. The Kier molecular flexibility index (Phi) is 4.29. The fourth-order valence-electron chi connectivity index (χ4n) is 1.78. The lowest BCUT2D eigenvalue weighted by Gasteiger charge is -2.28. The van der Waals surface area contributed by atoms with Crippen molar-refractivity contribution in [2.75, 3.05) is 13.7 Å². The van der Waals surface area contributed by atoms with E-state index in [-0.39, 0.29) is 11.9 Å². The van der Waals surface area contributed by atoms with Crippen LogP contribution in [0.5, 0.6) is 0 Å². The third-order valence-electron chi connectivity index (χ3n) is 2.76. The standard InChI is InChI=1S/C11H20N2O3/c1-11(2,10(15)16-3)13-9(14)8-6-4-5-7-12-8/h8,12H,4-7H2,1-3H3,(H,13,14)/t8-/m1/s1. The molecule has 0 aromatic carbocycles. The van der Waals surface area contributed by atoms with Crippen LogP contribution in [0.1, 0.15) is 33.1 Å². The maximum Gasteiger partial charge on any atom is 0.330 e. The lowest BCUT2D eigenvalue weighted by Crippen LogP contribution is -2.56. The van der Waals surface area contributed by atoms with Crippen LogP contribution in [0.15, 0.2) is 0 Å². The van der Waals surface area contributed by atoms with Gasteiger partial charge in [0, 0.05) is 0 Å². The summed E-state index contributed by atoms with van der Waals surface area (Å²) in [6.45, 7) is 4.13. The maximum absolute atomic E-state index is 11.9. The van der Waals surface area contributed by atoms with Gasteiger partial charge in [-0.05, 0) is 33.2 Å². The SMILES string of the molecule is COC(=O)C(C)(C)NC(=O)[C@H]1CCCCN1. The van der Waals surface area contributed by atoms with E-state index in [1.54, 1.807) is 13.8 Å². The van der Waals surface area contributed by atoms with Crippen molar-refractivity contribution in [3.8, 4) is 0 Å². The van der Waals surface area contributed by atoms with Gasteiger partial charge in [-0.3, -0.25) is 4.79 Å². The molecule has 1 aliphatic heterocycles. The minimum absolute atomic E-state index is 0.130. The van der Waals surface area contributed by atoms with Crippen LogP contribution in [0.3, 0.4) is 0 Å². The van der Waals surface area contributed by atoms with Crippen molar-refractivity contribution >= 4 is 11.9 Å². The van der Waals surface area contributed by atoms with Crippen LogP contribution in [0, 0.1) is 0 Å². The third-order valence-corrected chi connectivity index (χ3v) is 2.76. The first-order valence-electron chi connectivity index (χ1n) is 5.61. The summed E-state index contributed by atoms with van der Waals surface area (Å²) in [5, 5.41) is 5.83. The zero-order chi connectivity index (χ0) is 12.2. The van der Waals surface area contributed by atoms with Crippen molar-refractivity contribution in [2.24, 2.45) is 0 Å². The van der Waals surface area contributed by atoms with Crippen molar-refractivity contribution in [1.82, 2.24) is 10.6 Å². The van der Waals surface area contributed by atoms with E-state index in [0.29, 0.717) is 0 Å². The molecule has 5 heteroatoms. The van der Waals surface area contributed by atoms with Gasteiger partial charge in [0.05, 0.1) is 13.2 Å². The second kappa shape index (κ2) is 5.30. The van der Waals surface area contributed by atoms with E-state index in [0.717, 1.165) is 25.8 Å². The number of nitrogens with one attached hydrogen (secondary N) is 2. The third kappa shape index (κ3) is 3.20. The van der Waals surface area contributed by atoms with E-state index < -0.39 is 11.5 Å². The maximum atomic E-state index is 11.9. The Balaban J connectivity index is 2.52. The summed E-state index contributed by atoms with van der Waals surface area (Å²) in [5.74, 6) is -0.563. The summed E-state index contributed by atoms with van der Waals surface area (Å²) in [4.78, 5) is 23.2. The highest BCUT2D eigenvalue weighted by atomic mass is 16.5. The molecule has 1 aliphatic rings. The highest BCUT2D eigenvalue weighted by Gasteiger charge is 2.33. The molecular weight excluding hydrogens is 208 g/mol. The summed E-state index contributed by atoms with van der Waals surface area (Å²) < 4.78 is 4.63. The Hall–Kier alpha value is -1.10. The van der Waals surface area contributed by atoms with Gasteiger partial charge in [0.2, 0.25) is 5.91 Å². The van der Waals surface area contributed by atoms with E-state index >= 15 is 0 Å². The smallest absolute Gasteiger partial charge is 0.330 e. The summed E-state index contributed by atoms with van der Waals surface area (Å²) in [5.41, 5.74) is -0.967. The molecule has 0 aliphatic carbocycles. The molecule has 0 bridgehead atoms. The second-order valence-corrected chi connectivity index (χ2v) is 4.61. The number of hydrogen-bond acceptors (Lipinski definition) is 4. The lowest BCUT2D eigenvalue weighted by molar-refractivity contribution is -0.149. The molecule has 2 N–H and O–H groups in total. The van der Waals surface area contributed by atoms with Gasteiger partial charge in [0.15, 0.2) is 0 Å². The molecule has 1 rings (SSSR count). The minimum Gasteiger partial charge on any atom is -0.467 e. The van der Waals surface area contributed by atoms with Crippen molar-refractivity contribution in [3.63, 3.8) is 0 Å². The van der Waals surface area contributed by atoms with Crippen LogP contribution in [0.25, 0.3) is 0 Å². The van der Waals surface area contributed by atoms with Crippen molar-refractivity contribution in [3.05, 3.63) is 0 Å². The summed E-state index contributed by atoms with van der Waals surface area (Å²) in [6, 6.07) is -0.183. The topological polar surface area (TPSA) is 67.4 Å². The molecule has 0 aromatic heterocycles. The van der Waals surface area contributed by atoms with Crippen molar-refractivity contribution < 1.29 is 14.3 Å². The van der Waals surface area contributed by atoms with E-state index in [4.69, 9.17) is 0 Å². The number of ether oxygens (including phenoxy) is 1. The van der Waals surface area contributed by atoms with Gasteiger partial charge in [-0.1, -0.05) is 6.42 Å². The van der Waals surface area contributed by atoms with E-state index in [1.165, 1.54) is 7.11 Å². The monoisotopic (exact) mass is 228 g/mol. The van der Waals surface area contributed by atoms with Crippen LogP contribution in [0.4, 0.5) is 0 Å². The zero-order valence-electron chi connectivity index (χ0n) is 10.1. The molecule has 1 fully saturated rings. The Morgan fingerprint density at radius 3 is 2.56 bits per heavy atom. The summed E-state index contributed by atoms with van der Waals surface area (Å²) in [7, 11) is 1.31. The molecule has 1 atom stereocenters. The fraction of sp³-hybridized carbons (Fsp3) is 0.818. The molecule has 92 valence electrons. The van der Waals surface area contributed by atoms with Crippen LogP contribution < -0.4 is 10.6 Å². The Bertz CT molecular complexity index is 270. The summed E-state index contributed by atoms with van der Waals surface area (Å²) >= 11 is 0. The molecule has 0 saturated carbocycles. The van der Waals surface area contributed by atoms with Crippen molar-refractivity contribution in [2.45, 2.75) is 44.7 Å². The normalized spacial score (nSPS) is 21.3. The first kappa shape index (κ1) is 13.0. The lowest BCUT2D eigenvalue weighted by atomic mass is 10.0. The molecule has 0 spiro atoms. The van der Waals surface area contributed by atoms with Crippen LogP contribution >= 0.6 is 0 Å². The molecule has 0 unspecified atom stereocenters. The predicted molar refractivity (Wildman–Crippen MR) is 59.9 cm³/mol. The minimum atomic E-state index is -0.967. The molecule has 1 amide bonds. The van der Waals surface area contributed by atoms with Crippen LogP contribution in [0.2, 0.25) is 0 Å². The highest BCUT2D eigenvalue weighted by molar-refractivity contribution is 5.89. The van der Waals surface area contributed by atoms with Gasteiger partial charge in [-0.2, -0.15) is 0 Å². The van der Waals surface area contributed by atoms with Gasteiger partial charge >= 0.3 is 5.97 Å². The second-order valence-electron chi connectivity index (χ2n) is 4.61. The fourth-order valence-corrected chi connectivity index (χ4v) is 1.78. The average molecular weight is 228 g/mol. The first-order chi connectivity index (χ1) is 7.47.